The summed E-state index contributed by atoms with van der Waals surface area (Å²) in [4.78, 5) is 0. The molecule has 5 heteroatoms. The van der Waals surface area contributed by atoms with Crippen LogP contribution in [-0.4, -0.2) is 18.4 Å². The summed E-state index contributed by atoms with van der Waals surface area (Å²) in [7, 11) is 1.63. The first-order chi connectivity index (χ1) is 11.7. The largest absolute Gasteiger partial charge is 0.497 e. The normalized spacial score (nSPS) is 10.7. The molecule has 2 N–H and O–H groups in total. The maximum atomic E-state index is 5.23. The number of fused-ring (bicyclic) bond motifs is 1. The summed E-state index contributed by atoms with van der Waals surface area (Å²) in [6, 6.07) is 21.9. The molecule has 0 heterocycles. The van der Waals surface area contributed by atoms with E-state index in [0.29, 0.717) is 5.11 Å². The first kappa shape index (κ1) is 16.0. The van der Waals surface area contributed by atoms with Gasteiger partial charge in [-0.2, -0.15) is 5.10 Å². The molecule has 0 saturated carbocycles. The minimum atomic E-state index is 0.417. The lowest BCUT2D eigenvalue weighted by molar-refractivity contribution is 0.415. The third-order valence-electron chi connectivity index (χ3n) is 3.48. The van der Waals surface area contributed by atoms with Crippen LogP contribution >= 0.6 is 12.2 Å². The third-order valence-corrected chi connectivity index (χ3v) is 3.67. The van der Waals surface area contributed by atoms with Crippen molar-refractivity contribution in [1.82, 2.24) is 5.43 Å². The Bertz CT molecular complexity index is 892. The van der Waals surface area contributed by atoms with Gasteiger partial charge in [0.05, 0.1) is 13.3 Å². The van der Waals surface area contributed by atoms with E-state index in [1.54, 1.807) is 13.3 Å². The van der Waals surface area contributed by atoms with Crippen LogP contribution in [0, 0.1) is 0 Å². The average Bonchev–Trinajstić information content (AvgIpc) is 2.62. The fourth-order valence-electron chi connectivity index (χ4n) is 2.31. The molecule has 0 aliphatic carbocycles. The van der Waals surface area contributed by atoms with E-state index in [-0.39, 0.29) is 0 Å². The Morgan fingerprint density at radius 2 is 1.83 bits per heavy atom. The van der Waals surface area contributed by atoms with Crippen molar-refractivity contribution in [3.05, 3.63) is 72.3 Å². The number of anilines is 1. The molecule has 4 nitrogen and oxygen atoms in total. The number of benzene rings is 3. The second-order valence-corrected chi connectivity index (χ2v) is 5.57. The maximum absolute atomic E-state index is 5.23. The zero-order valence-corrected chi connectivity index (χ0v) is 14.0. The predicted octanol–water partition coefficient (Wildman–Crippen LogP) is 4.17. The number of nitrogens with zero attached hydrogens (tertiary/aromatic N) is 1. The van der Waals surface area contributed by atoms with E-state index >= 15 is 0 Å². The summed E-state index contributed by atoms with van der Waals surface area (Å²) in [6.07, 6.45) is 1.74. The first-order valence-electron chi connectivity index (χ1n) is 7.47. The van der Waals surface area contributed by atoms with Crippen molar-refractivity contribution in [2.45, 2.75) is 0 Å². The van der Waals surface area contributed by atoms with Crippen LogP contribution in [-0.2, 0) is 0 Å². The van der Waals surface area contributed by atoms with Crippen molar-refractivity contribution in [3.8, 4) is 5.75 Å². The Morgan fingerprint density at radius 3 is 2.67 bits per heavy atom. The summed E-state index contributed by atoms with van der Waals surface area (Å²) < 4.78 is 5.18. The first-order valence-corrected chi connectivity index (χ1v) is 7.88. The van der Waals surface area contributed by atoms with Crippen molar-refractivity contribution in [3.63, 3.8) is 0 Å². The highest BCUT2D eigenvalue weighted by atomic mass is 32.1. The van der Waals surface area contributed by atoms with E-state index in [9.17, 15) is 0 Å². The molecule has 0 fully saturated rings. The third kappa shape index (κ3) is 4.08. The van der Waals surface area contributed by atoms with Crippen LogP contribution < -0.4 is 15.5 Å². The van der Waals surface area contributed by atoms with Crippen molar-refractivity contribution < 1.29 is 4.74 Å². The molecule has 0 bridgehead atoms. The molecule has 0 aromatic heterocycles. The second-order valence-electron chi connectivity index (χ2n) is 5.16. The van der Waals surface area contributed by atoms with Gasteiger partial charge in [-0.15, -0.1) is 0 Å². The fourth-order valence-corrected chi connectivity index (χ4v) is 2.48. The van der Waals surface area contributed by atoms with Gasteiger partial charge in [0, 0.05) is 11.8 Å². The molecular weight excluding hydrogens is 318 g/mol. The Morgan fingerprint density at radius 1 is 1.00 bits per heavy atom. The van der Waals surface area contributed by atoms with Gasteiger partial charge < -0.3 is 10.1 Å². The Balaban J connectivity index is 1.61. The Labute approximate surface area is 146 Å². The Hall–Kier alpha value is -2.92. The molecule has 0 aliphatic heterocycles. The molecule has 3 aromatic rings. The minimum absolute atomic E-state index is 0.417. The summed E-state index contributed by atoms with van der Waals surface area (Å²) in [6.45, 7) is 0. The summed E-state index contributed by atoms with van der Waals surface area (Å²) in [5.41, 5.74) is 4.66. The molecule has 0 atom stereocenters. The lowest BCUT2D eigenvalue weighted by atomic mass is 10.1. The molecular formula is C19H17N3OS. The number of thiocarbonyl (C=S) groups is 1. The van der Waals surface area contributed by atoms with Gasteiger partial charge in [0.25, 0.3) is 0 Å². The lowest BCUT2D eigenvalue weighted by Crippen LogP contribution is -2.23. The van der Waals surface area contributed by atoms with Crippen molar-refractivity contribution >= 4 is 40.0 Å². The van der Waals surface area contributed by atoms with Gasteiger partial charge in [0.1, 0.15) is 5.75 Å². The van der Waals surface area contributed by atoms with Crippen molar-refractivity contribution in [1.29, 1.82) is 0 Å². The van der Waals surface area contributed by atoms with E-state index < -0.39 is 0 Å². The highest BCUT2D eigenvalue weighted by Gasteiger charge is 1.98. The molecule has 24 heavy (non-hydrogen) atoms. The predicted molar refractivity (Wildman–Crippen MR) is 104 cm³/mol. The van der Waals surface area contributed by atoms with E-state index in [1.165, 1.54) is 10.8 Å². The zero-order valence-electron chi connectivity index (χ0n) is 13.2. The molecule has 3 aromatic carbocycles. The maximum Gasteiger partial charge on any atom is 0.191 e. The van der Waals surface area contributed by atoms with Crippen LogP contribution in [0.4, 0.5) is 5.69 Å². The van der Waals surface area contributed by atoms with Gasteiger partial charge in [0.2, 0.25) is 0 Å². The van der Waals surface area contributed by atoms with Crippen molar-refractivity contribution in [2.75, 3.05) is 12.4 Å². The summed E-state index contributed by atoms with van der Waals surface area (Å²) in [5, 5.41) is 10.0. The number of nitrogens with one attached hydrogen (secondary N) is 2. The second kappa shape index (κ2) is 7.57. The minimum Gasteiger partial charge on any atom is -0.497 e. The lowest BCUT2D eigenvalue weighted by Gasteiger charge is -2.08. The highest BCUT2D eigenvalue weighted by molar-refractivity contribution is 7.80. The van der Waals surface area contributed by atoms with Crippen molar-refractivity contribution in [2.24, 2.45) is 5.10 Å². The highest BCUT2D eigenvalue weighted by Crippen LogP contribution is 2.16. The number of ether oxygens (including phenoxy) is 1. The van der Waals surface area contributed by atoms with E-state index in [0.717, 1.165) is 17.0 Å². The van der Waals surface area contributed by atoms with Crippen LogP contribution in [0.25, 0.3) is 10.8 Å². The summed E-state index contributed by atoms with van der Waals surface area (Å²) >= 11 is 5.23. The average molecular weight is 335 g/mol. The monoisotopic (exact) mass is 335 g/mol. The molecule has 0 amide bonds. The molecule has 0 saturated heterocycles. The number of hydrogen-bond acceptors (Lipinski definition) is 3. The molecule has 3 rings (SSSR count). The number of methoxy groups -OCH3 is 1. The van der Waals surface area contributed by atoms with E-state index in [2.05, 4.69) is 40.1 Å². The van der Waals surface area contributed by atoms with Gasteiger partial charge in [-0.1, -0.05) is 42.5 Å². The number of rotatable bonds is 4. The van der Waals surface area contributed by atoms with Crippen LogP contribution in [0.1, 0.15) is 5.56 Å². The molecule has 0 spiro atoms. The van der Waals surface area contributed by atoms with Gasteiger partial charge >= 0.3 is 0 Å². The van der Waals surface area contributed by atoms with Gasteiger partial charge in [0.15, 0.2) is 5.11 Å². The number of hydrogen-bond donors (Lipinski definition) is 2. The van der Waals surface area contributed by atoms with Gasteiger partial charge in [-0.3, -0.25) is 5.43 Å². The molecule has 0 unspecified atom stereocenters. The summed E-state index contributed by atoms with van der Waals surface area (Å²) in [5.74, 6) is 0.766. The van der Waals surface area contributed by atoms with Crippen LogP contribution in [0.3, 0.4) is 0 Å². The SMILES string of the molecule is COc1cccc(NC(=S)N/N=C\c2ccc3ccccc3c2)c1. The quantitative estimate of drug-likeness (QED) is 0.427. The molecule has 0 aliphatic rings. The number of hydrazone groups is 1. The van der Waals surface area contributed by atoms with Gasteiger partial charge in [-0.25, -0.2) is 0 Å². The molecule has 0 radical (unpaired) electrons. The zero-order chi connectivity index (χ0) is 16.8. The topological polar surface area (TPSA) is 45.6 Å². The van der Waals surface area contributed by atoms with Crippen LogP contribution in [0.2, 0.25) is 0 Å². The van der Waals surface area contributed by atoms with Crippen LogP contribution in [0.5, 0.6) is 5.75 Å². The smallest absolute Gasteiger partial charge is 0.191 e. The Kier molecular flexibility index (Phi) is 5.03. The fraction of sp³-hybridized carbons (Fsp3) is 0.0526. The molecule has 120 valence electrons. The van der Waals surface area contributed by atoms with Crippen LogP contribution in [0.15, 0.2) is 71.8 Å². The van der Waals surface area contributed by atoms with E-state index in [1.807, 2.05) is 42.5 Å². The van der Waals surface area contributed by atoms with E-state index in [4.69, 9.17) is 17.0 Å². The standard InChI is InChI=1S/C19H17N3OS/c1-23-18-8-4-7-17(12-18)21-19(24)22-20-13-14-9-10-15-5-2-3-6-16(15)11-14/h2-13H,1H3,(H2,21,22,24)/b20-13-. The van der Waals surface area contributed by atoms with Gasteiger partial charge in [-0.05, 0) is 46.8 Å².